The molecule has 0 fully saturated rings. The van der Waals surface area contributed by atoms with Crippen molar-refractivity contribution in [3.05, 3.63) is 40.9 Å². The Kier molecular flexibility index (Phi) is 5.16. The molecule has 1 amide bonds. The Morgan fingerprint density at radius 1 is 1.55 bits per heavy atom. The predicted octanol–water partition coefficient (Wildman–Crippen LogP) is 3.44. The van der Waals surface area contributed by atoms with Gasteiger partial charge in [0.1, 0.15) is 4.34 Å². The molecule has 0 unspecified atom stereocenters. The number of carbonyl (C=O) groups is 1. The zero-order chi connectivity index (χ0) is 14.4. The van der Waals surface area contributed by atoms with Gasteiger partial charge >= 0.3 is 0 Å². The van der Waals surface area contributed by atoms with Crippen molar-refractivity contribution in [3.8, 4) is 6.07 Å². The molecule has 6 heteroatoms. The highest BCUT2D eigenvalue weighted by Gasteiger charge is 2.05. The van der Waals surface area contributed by atoms with Gasteiger partial charge in [-0.05, 0) is 25.1 Å². The second-order valence-electron chi connectivity index (χ2n) is 4.09. The molecule has 0 radical (unpaired) electrons. The number of thioether (sulfide) groups is 1. The summed E-state index contributed by atoms with van der Waals surface area (Å²) in [6.45, 7) is 1.95. The van der Waals surface area contributed by atoms with Gasteiger partial charge in [-0.2, -0.15) is 5.26 Å². The van der Waals surface area contributed by atoms with Crippen LogP contribution in [0, 0.1) is 18.3 Å². The van der Waals surface area contributed by atoms with E-state index in [2.05, 4.69) is 10.3 Å². The van der Waals surface area contributed by atoms with E-state index in [1.165, 1.54) is 0 Å². The minimum atomic E-state index is -0.0548. The lowest BCUT2D eigenvalue weighted by atomic mass is 10.2. The number of nitriles is 1. The van der Waals surface area contributed by atoms with Crippen LogP contribution in [0.2, 0.25) is 0 Å². The largest absolute Gasteiger partial charge is 0.326 e. The third kappa shape index (κ3) is 4.37. The van der Waals surface area contributed by atoms with Gasteiger partial charge in [-0.25, -0.2) is 4.98 Å². The maximum Gasteiger partial charge on any atom is 0.225 e. The van der Waals surface area contributed by atoms with Gasteiger partial charge in [0.05, 0.1) is 11.6 Å². The van der Waals surface area contributed by atoms with Crippen molar-refractivity contribution in [1.29, 1.82) is 5.26 Å². The summed E-state index contributed by atoms with van der Waals surface area (Å²) in [4.78, 5) is 16.1. The number of aryl methyl sites for hydroxylation is 1. The van der Waals surface area contributed by atoms with Crippen molar-refractivity contribution in [1.82, 2.24) is 4.98 Å². The van der Waals surface area contributed by atoms with E-state index in [4.69, 9.17) is 5.26 Å². The molecule has 0 aliphatic rings. The summed E-state index contributed by atoms with van der Waals surface area (Å²) in [6, 6.07) is 8.94. The van der Waals surface area contributed by atoms with Crippen molar-refractivity contribution < 1.29 is 4.79 Å². The molecule has 0 bridgehead atoms. The second kappa shape index (κ2) is 7.08. The van der Waals surface area contributed by atoms with Crippen LogP contribution in [0.4, 0.5) is 5.69 Å². The first-order chi connectivity index (χ1) is 9.67. The summed E-state index contributed by atoms with van der Waals surface area (Å²) in [5.74, 6) is 0.636. The minimum absolute atomic E-state index is 0.0548. The molecule has 0 saturated heterocycles. The van der Waals surface area contributed by atoms with Gasteiger partial charge in [0.25, 0.3) is 0 Å². The molecule has 1 aromatic carbocycles. The van der Waals surface area contributed by atoms with E-state index in [9.17, 15) is 4.79 Å². The van der Waals surface area contributed by atoms with Crippen LogP contribution in [-0.4, -0.2) is 16.6 Å². The molecule has 0 atom stereocenters. The van der Waals surface area contributed by atoms with E-state index in [0.29, 0.717) is 23.4 Å². The number of aromatic nitrogens is 1. The fourth-order valence-corrected chi connectivity index (χ4v) is 3.38. The number of thiazole rings is 1. The zero-order valence-electron chi connectivity index (χ0n) is 10.9. The molecule has 0 spiro atoms. The van der Waals surface area contributed by atoms with E-state index in [-0.39, 0.29) is 5.91 Å². The Balaban J connectivity index is 1.79. The molecule has 4 nitrogen and oxygen atoms in total. The van der Waals surface area contributed by atoms with Crippen LogP contribution in [0.15, 0.2) is 34.0 Å². The van der Waals surface area contributed by atoms with Gasteiger partial charge < -0.3 is 5.32 Å². The molecule has 0 aliphatic carbocycles. The van der Waals surface area contributed by atoms with Crippen LogP contribution >= 0.6 is 23.1 Å². The second-order valence-corrected chi connectivity index (χ2v) is 6.29. The summed E-state index contributed by atoms with van der Waals surface area (Å²) in [7, 11) is 0. The lowest BCUT2D eigenvalue weighted by Gasteiger charge is -2.04. The number of carbonyl (C=O) groups excluding carboxylic acids is 1. The Morgan fingerprint density at radius 3 is 3.10 bits per heavy atom. The minimum Gasteiger partial charge on any atom is -0.326 e. The van der Waals surface area contributed by atoms with E-state index >= 15 is 0 Å². The molecular weight excluding hydrogens is 290 g/mol. The Morgan fingerprint density at radius 2 is 2.40 bits per heavy atom. The SMILES string of the molecule is Cc1csc(SCCC(=O)Nc2cccc(C#N)c2)n1. The highest BCUT2D eigenvalue weighted by atomic mass is 32.2. The van der Waals surface area contributed by atoms with Crippen molar-refractivity contribution in [2.24, 2.45) is 0 Å². The summed E-state index contributed by atoms with van der Waals surface area (Å²) in [5, 5.41) is 13.6. The fourth-order valence-electron chi connectivity index (χ4n) is 1.52. The molecule has 0 saturated carbocycles. The van der Waals surface area contributed by atoms with Gasteiger partial charge in [-0.1, -0.05) is 17.8 Å². The molecule has 1 N–H and O–H groups in total. The first kappa shape index (κ1) is 14.6. The molecule has 102 valence electrons. The quantitative estimate of drug-likeness (QED) is 0.859. The number of amides is 1. The van der Waals surface area contributed by atoms with Crippen LogP contribution in [0.1, 0.15) is 17.7 Å². The first-order valence-electron chi connectivity index (χ1n) is 6.02. The molecule has 2 aromatic rings. The molecule has 2 rings (SSSR count). The van der Waals surface area contributed by atoms with Crippen molar-refractivity contribution >= 4 is 34.7 Å². The van der Waals surface area contributed by atoms with Gasteiger partial charge in [0, 0.05) is 28.9 Å². The summed E-state index contributed by atoms with van der Waals surface area (Å²) in [5.41, 5.74) is 2.20. The van der Waals surface area contributed by atoms with Crippen molar-refractivity contribution in [3.63, 3.8) is 0 Å². The summed E-state index contributed by atoms with van der Waals surface area (Å²) in [6.07, 6.45) is 0.417. The third-order valence-electron chi connectivity index (χ3n) is 2.43. The first-order valence-corrected chi connectivity index (χ1v) is 7.89. The zero-order valence-corrected chi connectivity index (χ0v) is 12.6. The van der Waals surface area contributed by atoms with Crippen LogP contribution in [0.5, 0.6) is 0 Å². The number of benzene rings is 1. The molecule has 0 aliphatic heterocycles. The standard InChI is InChI=1S/C14H13N3OS2/c1-10-9-20-14(16-10)19-6-5-13(18)17-12-4-2-3-11(7-12)8-15/h2-4,7,9H,5-6H2,1H3,(H,17,18). The lowest BCUT2D eigenvalue weighted by Crippen LogP contribution is -2.12. The maximum absolute atomic E-state index is 11.8. The van der Waals surface area contributed by atoms with Crippen molar-refractivity contribution in [2.75, 3.05) is 11.1 Å². The predicted molar refractivity (Wildman–Crippen MR) is 82.0 cm³/mol. The molecular formula is C14H13N3OS2. The van der Waals surface area contributed by atoms with Crippen LogP contribution < -0.4 is 5.32 Å². The highest BCUT2D eigenvalue weighted by molar-refractivity contribution is 8.01. The number of nitrogens with zero attached hydrogens (tertiary/aromatic N) is 2. The number of rotatable bonds is 5. The van der Waals surface area contributed by atoms with Gasteiger partial charge in [-0.3, -0.25) is 4.79 Å². The van der Waals surface area contributed by atoms with Gasteiger partial charge in [0.15, 0.2) is 0 Å². The Bertz CT molecular complexity index is 646. The smallest absolute Gasteiger partial charge is 0.225 e. The van der Waals surface area contributed by atoms with E-state index in [0.717, 1.165) is 10.0 Å². The molecule has 1 aromatic heterocycles. The van der Waals surface area contributed by atoms with Crippen LogP contribution in [-0.2, 0) is 4.79 Å². The average molecular weight is 303 g/mol. The van der Waals surface area contributed by atoms with Crippen molar-refractivity contribution in [2.45, 2.75) is 17.7 Å². The van der Waals surface area contributed by atoms with E-state index < -0.39 is 0 Å². The number of hydrogen-bond acceptors (Lipinski definition) is 5. The fraction of sp³-hybridized carbons (Fsp3) is 0.214. The third-order valence-corrected chi connectivity index (χ3v) is 4.57. The number of hydrogen-bond donors (Lipinski definition) is 1. The molecule has 1 heterocycles. The van der Waals surface area contributed by atoms with Gasteiger partial charge in [0.2, 0.25) is 5.91 Å². The summed E-state index contributed by atoms with van der Waals surface area (Å²) >= 11 is 3.18. The van der Waals surface area contributed by atoms with Crippen LogP contribution in [0.25, 0.3) is 0 Å². The molecule has 20 heavy (non-hydrogen) atoms. The number of anilines is 1. The average Bonchev–Trinajstić information content (AvgIpc) is 2.84. The monoisotopic (exact) mass is 303 g/mol. The topological polar surface area (TPSA) is 65.8 Å². The highest BCUT2D eigenvalue weighted by Crippen LogP contribution is 2.23. The Labute approximate surface area is 125 Å². The van der Waals surface area contributed by atoms with Gasteiger partial charge in [-0.15, -0.1) is 11.3 Å². The maximum atomic E-state index is 11.8. The lowest BCUT2D eigenvalue weighted by molar-refractivity contribution is -0.115. The van der Waals surface area contributed by atoms with Crippen LogP contribution in [0.3, 0.4) is 0 Å². The normalized spacial score (nSPS) is 10.0. The summed E-state index contributed by atoms with van der Waals surface area (Å²) < 4.78 is 0.988. The number of nitrogens with one attached hydrogen (secondary N) is 1. The van der Waals surface area contributed by atoms with E-state index in [1.54, 1.807) is 47.4 Å². The Hall–Kier alpha value is -1.84. The van der Waals surface area contributed by atoms with E-state index in [1.807, 2.05) is 18.4 Å².